The van der Waals surface area contributed by atoms with Gasteiger partial charge in [-0.2, -0.15) is 5.10 Å². The molecule has 3 rings (SSSR count). The number of nitrogens with zero attached hydrogens (tertiary/aromatic N) is 3. The van der Waals surface area contributed by atoms with Crippen molar-refractivity contribution in [2.24, 2.45) is 0 Å². The lowest BCUT2D eigenvalue weighted by molar-refractivity contribution is -0.121. The van der Waals surface area contributed by atoms with Crippen LogP contribution in [0.4, 0.5) is 0 Å². The molecule has 5 nitrogen and oxygen atoms in total. The zero-order valence-corrected chi connectivity index (χ0v) is 13.1. The van der Waals surface area contributed by atoms with Crippen LogP contribution in [0.15, 0.2) is 36.5 Å². The zero-order valence-electron chi connectivity index (χ0n) is 13.1. The summed E-state index contributed by atoms with van der Waals surface area (Å²) in [4.78, 5) is 14.2. The Morgan fingerprint density at radius 2 is 2.18 bits per heavy atom. The van der Waals surface area contributed by atoms with E-state index in [2.05, 4.69) is 46.5 Å². The maximum atomic E-state index is 11.8. The van der Waals surface area contributed by atoms with Crippen molar-refractivity contribution in [2.45, 2.75) is 32.5 Å². The van der Waals surface area contributed by atoms with Gasteiger partial charge in [0.1, 0.15) is 0 Å². The van der Waals surface area contributed by atoms with Crippen molar-refractivity contribution in [2.75, 3.05) is 13.6 Å². The highest BCUT2D eigenvalue weighted by Crippen LogP contribution is 2.24. The number of nitrogens with one attached hydrogen (secondary N) is 1. The van der Waals surface area contributed by atoms with Crippen LogP contribution in [-0.2, 0) is 17.9 Å². The minimum absolute atomic E-state index is 0.0594. The minimum Gasteiger partial charge on any atom is -0.359 e. The van der Waals surface area contributed by atoms with Crippen LogP contribution < -0.4 is 5.32 Å². The first-order chi connectivity index (χ1) is 10.7. The average Bonchev–Trinajstić information content (AvgIpc) is 2.98. The lowest BCUT2D eigenvalue weighted by atomic mass is 10.1. The van der Waals surface area contributed by atoms with Crippen molar-refractivity contribution in [3.63, 3.8) is 0 Å². The molecule has 5 heteroatoms. The fourth-order valence-electron chi connectivity index (χ4n) is 3.08. The van der Waals surface area contributed by atoms with Gasteiger partial charge in [0.25, 0.3) is 0 Å². The summed E-state index contributed by atoms with van der Waals surface area (Å²) < 4.78 is 2.00. The first kappa shape index (κ1) is 14.8. The third kappa shape index (κ3) is 3.04. The molecule has 1 aromatic heterocycles. The van der Waals surface area contributed by atoms with Crippen LogP contribution in [0.25, 0.3) is 0 Å². The molecule has 1 atom stereocenters. The molecule has 0 aliphatic carbocycles. The van der Waals surface area contributed by atoms with Crippen LogP contribution in [0.2, 0.25) is 0 Å². The number of rotatable bonds is 4. The zero-order chi connectivity index (χ0) is 15.5. The Bertz CT molecular complexity index is 664. The van der Waals surface area contributed by atoms with E-state index in [-0.39, 0.29) is 11.9 Å². The molecule has 0 saturated heterocycles. The normalized spacial score (nSPS) is 18.0. The van der Waals surface area contributed by atoms with Gasteiger partial charge < -0.3 is 5.32 Å². The van der Waals surface area contributed by atoms with Gasteiger partial charge in [-0.25, -0.2) is 0 Å². The molecule has 0 saturated carbocycles. The van der Waals surface area contributed by atoms with Gasteiger partial charge in [0.2, 0.25) is 5.91 Å². The quantitative estimate of drug-likeness (QED) is 0.937. The Morgan fingerprint density at radius 3 is 2.95 bits per heavy atom. The number of aryl methyl sites for hydroxylation is 1. The first-order valence-electron chi connectivity index (χ1n) is 7.67. The molecule has 1 aromatic carbocycles. The minimum atomic E-state index is 0.0594. The molecule has 1 unspecified atom stereocenters. The van der Waals surface area contributed by atoms with Crippen molar-refractivity contribution in [3.8, 4) is 0 Å². The molecule has 1 aliphatic heterocycles. The molecule has 22 heavy (non-hydrogen) atoms. The molecule has 0 fully saturated rings. The summed E-state index contributed by atoms with van der Waals surface area (Å²) in [6, 6.07) is 10.6. The molecule has 2 heterocycles. The highest BCUT2D eigenvalue weighted by atomic mass is 16.1. The molecule has 2 aromatic rings. The van der Waals surface area contributed by atoms with Crippen LogP contribution in [0, 0.1) is 6.92 Å². The predicted octanol–water partition coefficient (Wildman–Crippen LogP) is 1.88. The van der Waals surface area contributed by atoms with Crippen LogP contribution >= 0.6 is 0 Å². The van der Waals surface area contributed by atoms with Gasteiger partial charge in [0.15, 0.2) is 0 Å². The predicted molar refractivity (Wildman–Crippen MR) is 85.2 cm³/mol. The lowest BCUT2D eigenvalue weighted by Crippen LogP contribution is -2.39. The summed E-state index contributed by atoms with van der Waals surface area (Å²) in [6.07, 6.45) is 2.29. The van der Waals surface area contributed by atoms with Crippen molar-refractivity contribution in [1.82, 2.24) is 20.0 Å². The second kappa shape index (κ2) is 6.32. The summed E-state index contributed by atoms with van der Waals surface area (Å²) in [7, 11) is 1.68. The largest absolute Gasteiger partial charge is 0.359 e. The molecule has 1 aliphatic rings. The van der Waals surface area contributed by atoms with E-state index < -0.39 is 0 Å². The van der Waals surface area contributed by atoms with Crippen molar-refractivity contribution in [3.05, 3.63) is 53.3 Å². The van der Waals surface area contributed by atoms with Crippen LogP contribution in [0.5, 0.6) is 0 Å². The average molecular weight is 298 g/mol. The Hall–Kier alpha value is -2.14. The summed E-state index contributed by atoms with van der Waals surface area (Å²) in [5.74, 6) is 0.0594. The Balaban J connectivity index is 1.78. The second-order valence-corrected chi connectivity index (χ2v) is 5.89. The molecule has 0 bridgehead atoms. The van der Waals surface area contributed by atoms with Gasteiger partial charge in [-0.05, 0) is 24.1 Å². The van der Waals surface area contributed by atoms with E-state index in [0.717, 1.165) is 19.6 Å². The van der Waals surface area contributed by atoms with E-state index in [9.17, 15) is 4.79 Å². The number of aromatic nitrogens is 2. The number of carbonyl (C=O) groups is 1. The summed E-state index contributed by atoms with van der Waals surface area (Å²) in [5.41, 5.74) is 3.83. The number of benzene rings is 1. The smallest absolute Gasteiger partial charge is 0.221 e. The third-order valence-corrected chi connectivity index (χ3v) is 4.31. The number of fused-ring (bicyclic) bond motifs is 1. The monoisotopic (exact) mass is 298 g/mol. The van der Waals surface area contributed by atoms with Gasteiger partial charge >= 0.3 is 0 Å². The summed E-state index contributed by atoms with van der Waals surface area (Å²) in [6.45, 7) is 4.77. The van der Waals surface area contributed by atoms with E-state index in [4.69, 9.17) is 0 Å². The molecule has 1 amide bonds. The second-order valence-electron chi connectivity index (χ2n) is 5.89. The molecule has 1 N–H and O–H groups in total. The Kier molecular flexibility index (Phi) is 4.24. The van der Waals surface area contributed by atoms with Crippen LogP contribution in [0.3, 0.4) is 0 Å². The molecule has 0 radical (unpaired) electrons. The maximum Gasteiger partial charge on any atom is 0.221 e. The number of carbonyl (C=O) groups excluding carboxylic acids is 1. The van der Waals surface area contributed by atoms with E-state index in [1.165, 1.54) is 16.8 Å². The lowest BCUT2D eigenvalue weighted by Gasteiger charge is -2.34. The molecule has 116 valence electrons. The molecular formula is C17H22N4O. The van der Waals surface area contributed by atoms with Crippen molar-refractivity contribution < 1.29 is 4.79 Å². The van der Waals surface area contributed by atoms with Gasteiger partial charge in [-0.15, -0.1) is 0 Å². The highest BCUT2D eigenvalue weighted by Gasteiger charge is 2.27. The maximum absolute atomic E-state index is 11.8. The Labute approximate surface area is 130 Å². The van der Waals surface area contributed by atoms with Gasteiger partial charge in [0.05, 0.1) is 18.2 Å². The summed E-state index contributed by atoms with van der Waals surface area (Å²) >= 11 is 0. The van der Waals surface area contributed by atoms with Crippen molar-refractivity contribution >= 4 is 5.91 Å². The van der Waals surface area contributed by atoms with E-state index in [1.54, 1.807) is 7.05 Å². The van der Waals surface area contributed by atoms with Gasteiger partial charge in [0, 0.05) is 32.9 Å². The molecular weight excluding hydrogens is 276 g/mol. The summed E-state index contributed by atoms with van der Waals surface area (Å²) in [5, 5.41) is 7.10. The van der Waals surface area contributed by atoms with Crippen molar-refractivity contribution in [1.29, 1.82) is 0 Å². The number of hydrogen-bond donors (Lipinski definition) is 1. The van der Waals surface area contributed by atoms with Crippen LogP contribution in [0.1, 0.15) is 29.3 Å². The third-order valence-electron chi connectivity index (χ3n) is 4.31. The van der Waals surface area contributed by atoms with E-state index >= 15 is 0 Å². The van der Waals surface area contributed by atoms with E-state index in [1.807, 2.05) is 16.9 Å². The Morgan fingerprint density at radius 1 is 1.36 bits per heavy atom. The molecule has 0 spiro atoms. The SMILES string of the molecule is CNC(=O)CC1CN(Cc2ccccc2C)Cc2ccnn21. The van der Waals surface area contributed by atoms with Crippen LogP contribution in [-0.4, -0.2) is 34.2 Å². The van der Waals surface area contributed by atoms with E-state index in [0.29, 0.717) is 6.42 Å². The fraction of sp³-hybridized carbons (Fsp3) is 0.412. The fourth-order valence-corrected chi connectivity index (χ4v) is 3.08. The number of hydrogen-bond acceptors (Lipinski definition) is 3. The number of amides is 1. The standard InChI is InChI=1S/C17H22N4O/c1-13-5-3-4-6-14(13)10-20-11-15-7-8-19-21(15)16(12-20)9-17(22)18-2/h3-8,16H,9-12H2,1-2H3,(H,18,22). The first-order valence-corrected chi connectivity index (χ1v) is 7.67. The van der Waals surface area contributed by atoms with Gasteiger partial charge in [-0.3, -0.25) is 14.4 Å². The highest BCUT2D eigenvalue weighted by molar-refractivity contribution is 5.76. The van der Waals surface area contributed by atoms with Gasteiger partial charge in [-0.1, -0.05) is 24.3 Å². The topological polar surface area (TPSA) is 50.2 Å².